The number of halogens is 3. The van der Waals surface area contributed by atoms with Gasteiger partial charge in [0.1, 0.15) is 18.2 Å². The summed E-state index contributed by atoms with van der Waals surface area (Å²) in [6.07, 6.45) is 1.42. The van der Waals surface area contributed by atoms with Crippen molar-refractivity contribution in [1.29, 1.82) is 0 Å². The average molecular weight is 282 g/mol. The quantitative estimate of drug-likeness (QED) is 0.609. The molecule has 0 radical (unpaired) electrons. The van der Waals surface area contributed by atoms with E-state index in [1.165, 1.54) is 6.21 Å². The van der Waals surface area contributed by atoms with Crippen LogP contribution in [0.15, 0.2) is 47.6 Å². The molecule has 0 bridgehead atoms. The third-order valence-electron chi connectivity index (χ3n) is 2.40. The van der Waals surface area contributed by atoms with E-state index in [2.05, 4.69) is 5.16 Å². The van der Waals surface area contributed by atoms with Crippen LogP contribution in [0.25, 0.3) is 0 Å². The van der Waals surface area contributed by atoms with Gasteiger partial charge >= 0.3 is 0 Å². The van der Waals surface area contributed by atoms with Crippen molar-refractivity contribution in [2.24, 2.45) is 5.16 Å². The Morgan fingerprint density at radius 2 is 1.95 bits per heavy atom. The molecule has 0 aliphatic carbocycles. The molecule has 98 valence electrons. The van der Waals surface area contributed by atoms with E-state index in [9.17, 15) is 8.78 Å². The summed E-state index contributed by atoms with van der Waals surface area (Å²) >= 11 is 5.91. The predicted molar refractivity (Wildman–Crippen MR) is 70.2 cm³/mol. The molecule has 5 heteroatoms. The van der Waals surface area contributed by atoms with Gasteiger partial charge < -0.3 is 4.84 Å². The zero-order valence-electron chi connectivity index (χ0n) is 9.82. The monoisotopic (exact) mass is 281 g/mol. The van der Waals surface area contributed by atoms with Gasteiger partial charge in [-0.15, -0.1) is 0 Å². The van der Waals surface area contributed by atoms with Gasteiger partial charge in [-0.3, -0.25) is 0 Å². The fraction of sp³-hybridized carbons (Fsp3) is 0.0714. The second-order valence-corrected chi connectivity index (χ2v) is 4.17. The van der Waals surface area contributed by atoms with Crippen LogP contribution in [0.3, 0.4) is 0 Å². The molecule has 2 aromatic rings. The third kappa shape index (κ3) is 3.76. The van der Waals surface area contributed by atoms with Gasteiger partial charge in [-0.2, -0.15) is 0 Å². The van der Waals surface area contributed by atoms with E-state index in [0.29, 0.717) is 10.6 Å². The van der Waals surface area contributed by atoms with Crippen molar-refractivity contribution in [2.45, 2.75) is 6.61 Å². The van der Waals surface area contributed by atoms with E-state index in [1.807, 2.05) is 0 Å². The van der Waals surface area contributed by atoms with Gasteiger partial charge in [-0.1, -0.05) is 35.0 Å². The molecule has 0 amide bonds. The molecular formula is C14H10ClF2NO. The van der Waals surface area contributed by atoms with Crippen molar-refractivity contribution < 1.29 is 13.6 Å². The maximum Gasteiger partial charge on any atom is 0.145 e. The summed E-state index contributed by atoms with van der Waals surface area (Å²) in [5, 5.41) is 4.20. The van der Waals surface area contributed by atoms with Crippen LogP contribution in [0.5, 0.6) is 0 Å². The highest BCUT2D eigenvalue weighted by atomic mass is 35.5. The molecule has 0 heterocycles. The lowest BCUT2D eigenvalue weighted by atomic mass is 10.2. The van der Waals surface area contributed by atoms with E-state index in [-0.39, 0.29) is 12.2 Å². The Kier molecular flexibility index (Phi) is 4.47. The van der Waals surface area contributed by atoms with Crippen molar-refractivity contribution in [3.63, 3.8) is 0 Å². The zero-order valence-corrected chi connectivity index (χ0v) is 10.6. The van der Waals surface area contributed by atoms with Crippen molar-refractivity contribution in [3.8, 4) is 0 Å². The Morgan fingerprint density at radius 3 is 2.74 bits per heavy atom. The average Bonchev–Trinajstić information content (AvgIpc) is 2.40. The summed E-state index contributed by atoms with van der Waals surface area (Å²) < 4.78 is 26.2. The Bertz CT molecular complexity index is 602. The fourth-order valence-corrected chi connectivity index (χ4v) is 1.62. The van der Waals surface area contributed by atoms with E-state index < -0.39 is 11.6 Å². The van der Waals surface area contributed by atoms with Crippen molar-refractivity contribution in [2.75, 3.05) is 0 Å². The largest absolute Gasteiger partial charge is 0.391 e. The maximum absolute atomic E-state index is 13.3. The molecular weight excluding hydrogens is 272 g/mol. The standard InChI is InChI=1S/C14H10ClF2NO/c15-13-4-2-1-3-10(13)8-18-19-9-11-7-12(16)5-6-14(11)17/h1-8H,9H2. The Balaban J connectivity index is 1.97. The molecule has 2 aromatic carbocycles. The Morgan fingerprint density at radius 1 is 1.16 bits per heavy atom. The van der Waals surface area contributed by atoms with Gasteiger partial charge in [0, 0.05) is 16.1 Å². The molecule has 0 aliphatic heterocycles. The number of oxime groups is 1. The van der Waals surface area contributed by atoms with Crippen molar-refractivity contribution >= 4 is 17.8 Å². The molecule has 0 aliphatic rings. The molecule has 0 unspecified atom stereocenters. The summed E-state index contributed by atoms with van der Waals surface area (Å²) in [4.78, 5) is 4.92. The zero-order chi connectivity index (χ0) is 13.7. The molecule has 0 aromatic heterocycles. The normalized spacial score (nSPS) is 10.9. The van der Waals surface area contributed by atoms with Gasteiger partial charge in [-0.25, -0.2) is 8.78 Å². The van der Waals surface area contributed by atoms with Crippen LogP contribution in [0.2, 0.25) is 5.02 Å². The molecule has 19 heavy (non-hydrogen) atoms. The van der Waals surface area contributed by atoms with Crippen LogP contribution in [0, 0.1) is 11.6 Å². The highest BCUT2D eigenvalue weighted by Gasteiger charge is 2.03. The molecule has 0 saturated carbocycles. The summed E-state index contributed by atoms with van der Waals surface area (Å²) in [6, 6.07) is 10.2. The molecule has 0 saturated heterocycles. The van der Waals surface area contributed by atoms with Crippen LogP contribution >= 0.6 is 11.6 Å². The molecule has 0 spiro atoms. The Labute approximate surface area is 114 Å². The van der Waals surface area contributed by atoms with Crippen LogP contribution in [-0.4, -0.2) is 6.21 Å². The van der Waals surface area contributed by atoms with Gasteiger partial charge in [0.2, 0.25) is 0 Å². The van der Waals surface area contributed by atoms with E-state index in [0.717, 1.165) is 18.2 Å². The second-order valence-electron chi connectivity index (χ2n) is 3.77. The fourth-order valence-electron chi connectivity index (χ4n) is 1.43. The summed E-state index contributed by atoms with van der Waals surface area (Å²) in [5.41, 5.74) is 0.792. The van der Waals surface area contributed by atoms with Crippen LogP contribution in [0.4, 0.5) is 8.78 Å². The third-order valence-corrected chi connectivity index (χ3v) is 2.74. The number of hydrogen-bond donors (Lipinski definition) is 0. The minimum atomic E-state index is -0.533. The van der Waals surface area contributed by atoms with Crippen molar-refractivity contribution in [1.82, 2.24) is 0 Å². The maximum atomic E-state index is 13.3. The van der Waals surface area contributed by atoms with E-state index in [1.54, 1.807) is 24.3 Å². The molecule has 2 rings (SSSR count). The first-order chi connectivity index (χ1) is 9.16. The number of benzene rings is 2. The van der Waals surface area contributed by atoms with Gasteiger partial charge in [0.25, 0.3) is 0 Å². The number of rotatable bonds is 4. The minimum Gasteiger partial charge on any atom is -0.391 e. The van der Waals surface area contributed by atoms with Crippen LogP contribution in [0.1, 0.15) is 11.1 Å². The van der Waals surface area contributed by atoms with E-state index in [4.69, 9.17) is 16.4 Å². The van der Waals surface area contributed by atoms with E-state index >= 15 is 0 Å². The highest BCUT2D eigenvalue weighted by Crippen LogP contribution is 2.13. The lowest BCUT2D eigenvalue weighted by Crippen LogP contribution is -1.94. The second kappa shape index (κ2) is 6.29. The number of nitrogens with zero attached hydrogens (tertiary/aromatic N) is 1. The first-order valence-electron chi connectivity index (χ1n) is 5.50. The van der Waals surface area contributed by atoms with Crippen LogP contribution < -0.4 is 0 Å². The molecule has 0 fully saturated rings. The highest BCUT2D eigenvalue weighted by molar-refractivity contribution is 6.33. The topological polar surface area (TPSA) is 21.6 Å². The SMILES string of the molecule is Fc1ccc(F)c(CON=Cc2ccccc2Cl)c1. The smallest absolute Gasteiger partial charge is 0.145 e. The van der Waals surface area contributed by atoms with Gasteiger partial charge in [0.05, 0.1) is 6.21 Å². The predicted octanol–water partition coefficient (Wildman–Crippen LogP) is 4.17. The summed E-state index contributed by atoms with van der Waals surface area (Å²) in [6.45, 7) is -0.148. The van der Waals surface area contributed by atoms with Crippen LogP contribution in [-0.2, 0) is 11.4 Å². The molecule has 2 nitrogen and oxygen atoms in total. The number of hydrogen-bond acceptors (Lipinski definition) is 2. The molecule has 0 N–H and O–H groups in total. The lowest BCUT2D eigenvalue weighted by molar-refractivity contribution is 0.129. The molecule has 0 atom stereocenters. The lowest BCUT2D eigenvalue weighted by Gasteiger charge is -2.02. The van der Waals surface area contributed by atoms with Gasteiger partial charge in [-0.05, 0) is 24.3 Å². The first kappa shape index (κ1) is 13.5. The van der Waals surface area contributed by atoms with Gasteiger partial charge in [0.15, 0.2) is 0 Å². The Hall–Kier alpha value is -1.94. The minimum absolute atomic E-state index is 0.108. The summed E-state index contributed by atoms with van der Waals surface area (Å²) in [7, 11) is 0. The summed E-state index contributed by atoms with van der Waals surface area (Å²) in [5.74, 6) is -1.05. The first-order valence-corrected chi connectivity index (χ1v) is 5.88. The van der Waals surface area contributed by atoms with Crippen molar-refractivity contribution in [3.05, 3.63) is 70.2 Å².